The first-order valence-corrected chi connectivity index (χ1v) is 22.9. The highest BCUT2D eigenvalue weighted by Gasteiger charge is 2.20. The molecule has 0 spiro atoms. The van der Waals surface area contributed by atoms with Crippen molar-refractivity contribution in [3.8, 4) is 79.2 Å². The lowest BCUT2D eigenvalue weighted by atomic mass is 10.1. The molecule has 6 nitrogen and oxygen atoms in total. The molecule has 6 heteroatoms. The van der Waals surface area contributed by atoms with Gasteiger partial charge in [0.05, 0.1) is 44.8 Å². The van der Waals surface area contributed by atoms with E-state index >= 15 is 0 Å². The molecule has 0 bridgehead atoms. The van der Waals surface area contributed by atoms with Crippen LogP contribution in [0.3, 0.4) is 0 Å². The number of hydrogen-bond donors (Lipinski definition) is 0. The fraction of sp³-hybridized carbons (Fsp3) is 0. The van der Waals surface area contributed by atoms with Crippen LogP contribution in [0.25, 0.3) is 123 Å². The minimum atomic E-state index is 0.700. The summed E-state index contributed by atoms with van der Waals surface area (Å²) in [7, 11) is 0. The summed E-state index contributed by atoms with van der Waals surface area (Å²) in [4.78, 5) is 20.3. The first-order valence-electron chi connectivity index (χ1n) is 22.9. The lowest BCUT2D eigenvalue weighted by Crippen LogP contribution is -1.98. The van der Waals surface area contributed by atoms with Gasteiger partial charge in [-0.3, -0.25) is 0 Å². The van der Waals surface area contributed by atoms with Crippen molar-refractivity contribution in [2.75, 3.05) is 0 Å². The molecule has 4 aromatic heterocycles. The van der Waals surface area contributed by atoms with Gasteiger partial charge < -0.3 is 9.13 Å². The van der Waals surface area contributed by atoms with Gasteiger partial charge in [-0.1, -0.05) is 182 Å². The molecule has 0 saturated carbocycles. The molecule has 0 amide bonds. The molecule has 0 fully saturated rings. The highest BCUT2D eigenvalue weighted by Crippen LogP contribution is 2.40. The largest absolute Gasteiger partial charge is 0.309 e. The van der Waals surface area contributed by atoms with Gasteiger partial charge >= 0.3 is 0 Å². The topological polar surface area (TPSA) is 61.4 Å². The van der Waals surface area contributed by atoms with Crippen LogP contribution >= 0.6 is 0 Å². The van der Waals surface area contributed by atoms with Crippen molar-refractivity contribution in [1.29, 1.82) is 0 Å². The maximum atomic E-state index is 5.11. The maximum absolute atomic E-state index is 5.11. The van der Waals surface area contributed by atoms with E-state index in [0.29, 0.717) is 11.6 Å². The molecule has 13 aromatic rings. The van der Waals surface area contributed by atoms with E-state index in [4.69, 9.17) is 19.9 Å². The Balaban J connectivity index is 0.936. The zero-order chi connectivity index (χ0) is 45.0. The fourth-order valence-corrected chi connectivity index (χ4v) is 9.69. The van der Waals surface area contributed by atoms with Gasteiger partial charge in [0, 0.05) is 66.3 Å². The molecule has 0 radical (unpaired) electrons. The van der Waals surface area contributed by atoms with E-state index in [1.54, 1.807) is 0 Å². The number of benzene rings is 9. The third-order valence-corrected chi connectivity index (χ3v) is 13.0. The third-order valence-electron chi connectivity index (χ3n) is 13.0. The Bertz CT molecular complexity index is 3600. The molecule has 318 valence electrons. The van der Waals surface area contributed by atoms with Crippen LogP contribution in [0.4, 0.5) is 0 Å². The van der Waals surface area contributed by atoms with Gasteiger partial charge in [0.2, 0.25) is 0 Å². The number of para-hydroxylation sites is 2. The normalized spacial score (nSPS) is 11.5. The monoisotopic (exact) mass is 868 g/mol. The first kappa shape index (κ1) is 39.1. The summed E-state index contributed by atoms with van der Waals surface area (Å²) < 4.78 is 4.79. The van der Waals surface area contributed by atoms with Gasteiger partial charge in [0.1, 0.15) is 0 Å². The minimum Gasteiger partial charge on any atom is -0.309 e. The van der Waals surface area contributed by atoms with Crippen LogP contribution < -0.4 is 0 Å². The number of nitrogens with zero attached hydrogens (tertiary/aromatic N) is 6. The number of aromatic nitrogens is 6. The third kappa shape index (κ3) is 6.82. The first-order chi connectivity index (χ1) is 33.7. The Morgan fingerprint density at radius 3 is 0.897 bits per heavy atom. The zero-order valence-corrected chi connectivity index (χ0v) is 36.8. The Kier molecular flexibility index (Phi) is 9.39. The van der Waals surface area contributed by atoms with Crippen LogP contribution in [-0.2, 0) is 0 Å². The molecular formula is C62H40N6. The molecular weight excluding hydrogens is 829 g/mol. The highest BCUT2D eigenvalue weighted by molar-refractivity contribution is 6.19. The summed E-state index contributed by atoms with van der Waals surface area (Å²) in [5, 5.41) is 4.83. The highest BCUT2D eigenvalue weighted by atomic mass is 15.0. The summed E-state index contributed by atoms with van der Waals surface area (Å²) >= 11 is 0. The SMILES string of the molecule is c1ccc(-c2cc(-c3ccc(-n4c5ccccc5c5cc6c7ccccc7n(-c7ccc(-c8cc(-c9ccccc9)nc(-c9ccccc9)n8)cc7)c6cc54)cc3)nc(-c3ccccc3)n2)cc1. The van der Waals surface area contributed by atoms with E-state index < -0.39 is 0 Å². The molecule has 0 aliphatic heterocycles. The van der Waals surface area contributed by atoms with Crippen molar-refractivity contribution >= 4 is 43.6 Å². The van der Waals surface area contributed by atoms with Crippen molar-refractivity contribution in [1.82, 2.24) is 29.1 Å². The summed E-state index contributed by atoms with van der Waals surface area (Å²) in [5.41, 5.74) is 16.3. The Morgan fingerprint density at radius 2 is 0.529 bits per heavy atom. The number of hydrogen-bond acceptors (Lipinski definition) is 4. The van der Waals surface area contributed by atoms with E-state index in [1.807, 2.05) is 72.8 Å². The Hall–Kier alpha value is -9.26. The molecule has 0 saturated heterocycles. The summed E-state index contributed by atoms with van der Waals surface area (Å²) in [6.07, 6.45) is 0. The summed E-state index contributed by atoms with van der Waals surface area (Å²) in [5.74, 6) is 1.40. The predicted octanol–water partition coefficient (Wildman–Crippen LogP) is 15.5. The molecule has 0 aliphatic carbocycles. The Morgan fingerprint density at radius 1 is 0.221 bits per heavy atom. The lowest BCUT2D eigenvalue weighted by molar-refractivity contribution is 1.16. The molecule has 9 aromatic carbocycles. The summed E-state index contributed by atoms with van der Waals surface area (Å²) in [6.45, 7) is 0. The van der Waals surface area contributed by atoms with Crippen molar-refractivity contribution in [2.45, 2.75) is 0 Å². The van der Waals surface area contributed by atoms with Gasteiger partial charge in [-0.2, -0.15) is 0 Å². The van der Waals surface area contributed by atoms with Crippen molar-refractivity contribution in [3.05, 3.63) is 243 Å². The van der Waals surface area contributed by atoms with Gasteiger partial charge in [0.25, 0.3) is 0 Å². The van der Waals surface area contributed by atoms with E-state index in [0.717, 1.165) is 89.6 Å². The van der Waals surface area contributed by atoms with Gasteiger partial charge in [-0.25, -0.2) is 19.9 Å². The van der Waals surface area contributed by atoms with E-state index in [2.05, 4.69) is 179 Å². The Labute approximate surface area is 392 Å². The van der Waals surface area contributed by atoms with Gasteiger partial charge in [0.15, 0.2) is 11.6 Å². The number of rotatable bonds is 8. The van der Waals surface area contributed by atoms with Crippen LogP contribution in [0.5, 0.6) is 0 Å². The van der Waals surface area contributed by atoms with E-state index in [-0.39, 0.29) is 0 Å². The number of fused-ring (bicyclic) bond motifs is 6. The quantitative estimate of drug-likeness (QED) is 0.153. The molecule has 0 atom stereocenters. The van der Waals surface area contributed by atoms with Crippen molar-refractivity contribution in [2.24, 2.45) is 0 Å². The van der Waals surface area contributed by atoms with Crippen molar-refractivity contribution in [3.63, 3.8) is 0 Å². The standard InChI is InChI=1S/C62H40N6/c1-5-17-41(18-6-1)53-38-55(65-61(63-53)45-21-9-3-10-22-45)43-29-33-47(34-30-43)67-57-27-15-13-25-49(57)51-37-52-50-26-14-16-28-58(50)68(60(52)40-59(51)67)48-35-31-44(32-36-48)56-39-54(42-19-7-2-8-20-42)64-62(66-56)46-23-11-4-12-24-46/h1-40H. The average molecular weight is 869 g/mol. The predicted molar refractivity (Wildman–Crippen MR) is 279 cm³/mol. The lowest BCUT2D eigenvalue weighted by Gasteiger charge is -2.12. The minimum absolute atomic E-state index is 0.700. The van der Waals surface area contributed by atoms with E-state index in [1.165, 1.54) is 21.5 Å². The van der Waals surface area contributed by atoms with Crippen LogP contribution in [-0.4, -0.2) is 29.1 Å². The average Bonchev–Trinajstić information content (AvgIpc) is 3.93. The zero-order valence-electron chi connectivity index (χ0n) is 36.8. The molecule has 13 rings (SSSR count). The van der Waals surface area contributed by atoms with Crippen LogP contribution in [0.2, 0.25) is 0 Å². The molecule has 0 unspecified atom stereocenters. The molecule has 0 N–H and O–H groups in total. The molecule has 4 heterocycles. The fourth-order valence-electron chi connectivity index (χ4n) is 9.69. The maximum Gasteiger partial charge on any atom is 0.160 e. The molecule has 0 aliphatic rings. The summed E-state index contributed by atoms with van der Waals surface area (Å²) in [6, 6.07) is 85.0. The molecule has 68 heavy (non-hydrogen) atoms. The second-order valence-corrected chi connectivity index (χ2v) is 17.1. The van der Waals surface area contributed by atoms with Gasteiger partial charge in [-0.15, -0.1) is 0 Å². The smallest absolute Gasteiger partial charge is 0.160 e. The van der Waals surface area contributed by atoms with Crippen molar-refractivity contribution < 1.29 is 0 Å². The second-order valence-electron chi connectivity index (χ2n) is 17.1. The van der Waals surface area contributed by atoms with Gasteiger partial charge in [-0.05, 0) is 60.7 Å². The van der Waals surface area contributed by atoms with Crippen LogP contribution in [0, 0.1) is 0 Å². The van der Waals surface area contributed by atoms with E-state index in [9.17, 15) is 0 Å². The van der Waals surface area contributed by atoms with Crippen LogP contribution in [0.15, 0.2) is 243 Å². The van der Waals surface area contributed by atoms with Crippen LogP contribution in [0.1, 0.15) is 0 Å². The second kappa shape index (κ2) is 16.3.